The average molecular weight is 869 g/mol. The second kappa shape index (κ2) is 18.3. The molecular weight excluding hydrogens is 835 g/mol. The van der Waals surface area contributed by atoms with E-state index in [-0.39, 0.29) is 133 Å². The molecule has 1 N–H and O–H groups in total. The van der Waals surface area contributed by atoms with E-state index in [1.54, 1.807) is 64.6 Å². The van der Waals surface area contributed by atoms with Gasteiger partial charge in [0.05, 0.1) is 32.2 Å². The van der Waals surface area contributed by atoms with Gasteiger partial charge in [-0.05, 0) is 113 Å². The van der Waals surface area contributed by atoms with Crippen LogP contribution in [0.1, 0.15) is 45.9 Å². The molecule has 3 aromatic carbocycles. The molecule has 59 heavy (non-hydrogen) atoms. The van der Waals surface area contributed by atoms with Gasteiger partial charge in [-0.3, -0.25) is 4.90 Å². The number of nitrogens with one attached hydrogen (secondary N) is 1. The van der Waals surface area contributed by atoms with Crippen molar-refractivity contribution in [1.82, 2.24) is 19.5 Å². The van der Waals surface area contributed by atoms with Crippen LogP contribution in [0.4, 0.5) is 51.4 Å². The Balaban J connectivity index is 0.00000384. The summed E-state index contributed by atoms with van der Waals surface area (Å²) < 4.78 is 77.7. The molecule has 6 rings (SSSR count). The van der Waals surface area contributed by atoms with Crippen LogP contribution in [0, 0.1) is 61.6 Å². The van der Waals surface area contributed by atoms with E-state index < -0.39 is 25.1 Å². The zero-order valence-corrected chi connectivity index (χ0v) is 40.4. The number of rotatable bonds is 10. The topological polar surface area (TPSA) is 207 Å². The van der Waals surface area contributed by atoms with E-state index in [9.17, 15) is 25.9 Å². The number of aryl methyl sites for hydroxylation is 5. The second-order valence-electron chi connectivity index (χ2n) is 13.2. The molecule has 0 spiro atoms. The number of pyridine rings is 1. The number of hydrogen-bond acceptors (Lipinski definition) is 14. The molecule has 21 heteroatoms. The fourth-order valence-electron chi connectivity index (χ4n) is 7.06. The zero-order valence-electron chi connectivity index (χ0n) is 33.9. The fourth-order valence-corrected chi connectivity index (χ4v) is 9.89. The number of imidazole rings is 1. The van der Waals surface area contributed by atoms with E-state index in [0.717, 1.165) is 4.70 Å². The number of hydrogen-bond donors (Lipinski definition) is 1. The Labute approximate surface area is 390 Å². The van der Waals surface area contributed by atoms with Crippen molar-refractivity contribution in [3.63, 3.8) is 0 Å². The van der Waals surface area contributed by atoms with Crippen LogP contribution in [0.5, 0.6) is 0 Å². The van der Waals surface area contributed by atoms with E-state index in [2.05, 4.69) is 30.2 Å². The molecule has 0 unspecified atom stereocenters. The third kappa shape index (κ3) is 9.16. The molecule has 0 aliphatic rings. The van der Waals surface area contributed by atoms with Gasteiger partial charge in [-0.15, -0.1) is 5.11 Å². The molecule has 0 amide bonds. The maximum Gasteiger partial charge on any atom is 1.00 e. The molecule has 16 nitrogen and oxygen atoms in total. The van der Waals surface area contributed by atoms with Crippen LogP contribution in [0.2, 0.25) is 0 Å². The summed E-state index contributed by atoms with van der Waals surface area (Å²) in [6, 6.07) is 12.2. The number of para-hydroxylation sites is 1. The first kappa shape index (κ1) is 47.6. The Hall–Kier alpha value is -4.09. The minimum Gasteiger partial charge on any atom is -0.744 e. The van der Waals surface area contributed by atoms with Crippen molar-refractivity contribution in [2.24, 2.45) is 10.2 Å². The van der Waals surface area contributed by atoms with Crippen molar-refractivity contribution in [2.45, 2.75) is 71.7 Å². The maximum absolute atomic E-state index is 12.7. The first-order chi connectivity index (χ1) is 26.8. The molecule has 0 atom stereocenters. The second-order valence-corrected chi connectivity index (χ2v) is 16.8. The Kier molecular flexibility index (Phi) is 14.7. The number of nitrogens with zero attached hydrogens (tertiary/aromatic N) is 9. The molecule has 292 valence electrons. The molecule has 0 bridgehead atoms. The molecular formula is C38H34N10Na2O6S3. The third-order valence-electron chi connectivity index (χ3n) is 9.27. The van der Waals surface area contributed by atoms with Gasteiger partial charge in [0.2, 0.25) is 0 Å². The summed E-state index contributed by atoms with van der Waals surface area (Å²) in [5.41, 5.74) is 3.90. The predicted octanol–water partition coefficient (Wildman–Crippen LogP) is 3.61. The van der Waals surface area contributed by atoms with Gasteiger partial charge in [-0.25, -0.2) is 31.4 Å². The van der Waals surface area contributed by atoms with Gasteiger partial charge < -0.3 is 24.1 Å². The van der Waals surface area contributed by atoms with Gasteiger partial charge in [-0.2, -0.15) is 0 Å². The molecule has 6 aromatic rings. The van der Waals surface area contributed by atoms with Gasteiger partial charge in [0.15, 0.2) is 10.9 Å². The summed E-state index contributed by atoms with van der Waals surface area (Å²) in [4.78, 5) is 21.8. The van der Waals surface area contributed by atoms with Crippen LogP contribution in [0.15, 0.2) is 62.5 Å². The summed E-state index contributed by atoms with van der Waals surface area (Å²) in [5.74, 6) is 0.0822. The number of fused-ring (bicyclic) bond motifs is 1. The first-order valence-electron chi connectivity index (χ1n) is 17.2. The van der Waals surface area contributed by atoms with E-state index in [1.165, 1.54) is 29.8 Å². The van der Waals surface area contributed by atoms with Crippen LogP contribution in [0.25, 0.3) is 19.9 Å². The maximum atomic E-state index is 12.7. The van der Waals surface area contributed by atoms with E-state index >= 15 is 0 Å². The molecule has 3 heterocycles. The van der Waals surface area contributed by atoms with Crippen LogP contribution in [0.3, 0.4) is 0 Å². The van der Waals surface area contributed by atoms with Crippen molar-refractivity contribution in [2.75, 3.05) is 10.2 Å². The third-order valence-corrected chi connectivity index (χ3v) is 12.5. The molecule has 0 saturated carbocycles. The molecule has 0 saturated heterocycles. The van der Waals surface area contributed by atoms with Crippen LogP contribution in [-0.4, -0.2) is 45.5 Å². The number of aromatic nitrogens is 4. The van der Waals surface area contributed by atoms with Gasteiger partial charge in [0.25, 0.3) is 11.6 Å². The van der Waals surface area contributed by atoms with Crippen molar-refractivity contribution < 1.29 is 85.1 Å². The van der Waals surface area contributed by atoms with Gasteiger partial charge in [0, 0.05) is 5.69 Å². The van der Waals surface area contributed by atoms with Gasteiger partial charge in [-0.1, -0.05) is 58.8 Å². The Morgan fingerprint density at radius 2 is 1.41 bits per heavy atom. The summed E-state index contributed by atoms with van der Waals surface area (Å²) in [6.07, 6.45) is 0. The molecule has 3 aromatic heterocycles. The fraction of sp³-hybridized carbons (Fsp3) is 0.237. The molecule has 0 aliphatic carbocycles. The van der Waals surface area contributed by atoms with Crippen LogP contribution >= 0.6 is 11.3 Å². The smallest absolute Gasteiger partial charge is 0.744 e. The van der Waals surface area contributed by atoms with E-state index in [1.807, 2.05) is 24.3 Å². The van der Waals surface area contributed by atoms with Gasteiger partial charge in [0.1, 0.15) is 31.7 Å². The monoisotopic (exact) mass is 868 g/mol. The average Bonchev–Trinajstić information content (AvgIpc) is 3.70. The minimum atomic E-state index is -4.94. The largest absolute Gasteiger partial charge is 1.00 e. The number of thiazole rings is 1. The summed E-state index contributed by atoms with van der Waals surface area (Å²) in [5, 5.41) is 12.4. The number of anilines is 5. The summed E-state index contributed by atoms with van der Waals surface area (Å²) in [6.45, 7) is 28.5. The normalized spacial score (nSPS) is 11.5. The zero-order chi connectivity index (χ0) is 41.7. The molecule has 0 radical (unpaired) electrons. The van der Waals surface area contributed by atoms with Crippen LogP contribution in [-0.2, 0) is 26.8 Å². The van der Waals surface area contributed by atoms with Crippen molar-refractivity contribution in [3.05, 3.63) is 104 Å². The molecule has 0 fully saturated rings. The van der Waals surface area contributed by atoms with E-state index in [4.69, 9.17) is 23.1 Å². The predicted molar refractivity (Wildman–Crippen MR) is 216 cm³/mol. The number of benzene rings is 3. The number of azo groups is 1. The van der Waals surface area contributed by atoms with Gasteiger partial charge >= 0.3 is 65.1 Å². The molecule has 0 aliphatic heterocycles. The van der Waals surface area contributed by atoms with Crippen molar-refractivity contribution in [1.29, 1.82) is 0 Å². The Morgan fingerprint density at radius 3 is 1.98 bits per heavy atom. The SMILES string of the molecule is [C-]#[N+]c1nc(N=Nc2c(C)cc(N(c3nc4ccccc4s3)c3c(C)cc(C)c(S(=O)(=O)[O-])c3C)nc2Nc2c(C)cc(C)c(S(=O)(=O)[O-])c2C)n(CC)c1[N+]#[C-].[Na+].[Na+]. The standard InChI is InChI=1S/C38H36N10O6S3.2Na/c1-11-47-36(40-10)35(39-9)44-37(47)46-45-30-20(3)18-28(42-34(30)43-29-19(2)16-22(5)32(24(29)7)56(49,50)51)48(38-41-26-14-12-13-15-27(26)55-38)31-21(4)17-23(6)33(25(31)8)57(52,53)54;;/h12-18H,11H2,1-8H3,(H,42,43)(H,49,50,51)(H,52,53,54);;/q;2*+1/p-2. The summed E-state index contributed by atoms with van der Waals surface area (Å²) >= 11 is 1.30. The van der Waals surface area contributed by atoms with E-state index in [0.29, 0.717) is 33.0 Å². The van der Waals surface area contributed by atoms with Crippen molar-refractivity contribution >= 4 is 93.2 Å². The van der Waals surface area contributed by atoms with Crippen molar-refractivity contribution in [3.8, 4) is 0 Å². The first-order valence-corrected chi connectivity index (χ1v) is 20.8. The summed E-state index contributed by atoms with van der Waals surface area (Å²) in [7, 11) is -9.85. The quantitative estimate of drug-likeness (QED) is 0.0911. The van der Waals surface area contributed by atoms with Crippen LogP contribution < -0.4 is 69.3 Å². The Bertz CT molecular complexity index is 2970. The minimum absolute atomic E-state index is 0. The Morgan fingerprint density at radius 1 is 0.797 bits per heavy atom.